The minimum atomic E-state index is -0.939. The molecule has 0 atom stereocenters. The number of carboxylic acid groups (broad SMARTS) is 1. The number of amides is 2. The third-order valence-corrected chi connectivity index (χ3v) is 2.59. The number of nitrogens with one attached hydrogen (secondary N) is 2. The highest BCUT2D eigenvalue weighted by Crippen LogP contribution is 2.12. The van der Waals surface area contributed by atoms with Gasteiger partial charge in [0.2, 0.25) is 0 Å². The Balaban J connectivity index is 4.03. The molecule has 2 amide bonds. The summed E-state index contributed by atoms with van der Waals surface area (Å²) in [5, 5.41) is 14.2. The summed E-state index contributed by atoms with van der Waals surface area (Å²) in [6.07, 6.45) is 1.73. The Kier molecular flexibility index (Phi) is 5.85. The number of carbonyl (C=O) groups excluding carboxylic acids is 1. The highest BCUT2D eigenvalue weighted by Gasteiger charge is 2.27. The van der Waals surface area contributed by atoms with Crippen LogP contribution in [0.1, 0.15) is 40.5 Å². The maximum absolute atomic E-state index is 11.4. The molecule has 0 saturated heterocycles. The van der Waals surface area contributed by atoms with E-state index < -0.39 is 11.4 Å². The molecule has 0 aromatic heterocycles. The van der Waals surface area contributed by atoms with Crippen molar-refractivity contribution in [2.24, 2.45) is 5.41 Å². The lowest BCUT2D eigenvalue weighted by atomic mass is 9.94. The van der Waals surface area contributed by atoms with Gasteiger partial charge in [0.15, 0.2) is 0 Å². The minimum absolute atomic E-state index is 0.119. The Morgan fingerprint density at radius 3 is 2.12 bits per heavy atom. The van der Waals surface area contributed by atoms with Crippen LogP contribution in [0.25, 0.3) is 0 Å². The van der Waals surface area contributed by atoms with Crippen LogP contribution in [0, 0.1) is 5.41 Å². The number of carbonyl (C=O) groups is 2. The zero-order valence-electron chi connectivity index (χ0n) is 10.5. The second-order valence-corrected chi connectivity index (χ2v) is 4.53. The fourth-order valence-corrected chi connectivity index (χ4v) is 1.11. The lowest BCUT2D eigenvalue weighted by Crippen LogP contribution is -2.46. The van der Waals surface area contributed by atoms with Crippen molar-refractivity contribution in [2.75, 3.05) is 6.54 Å². The number of carboxylic acids is 1. The highest BCUT2D eigenvalue weighted by atomic mass is 16.4. The largest absolute Gasteiger partial charge is 0.481 e. The molecule has 0 radical (unpaired) electrons. The standard InChI is InChI=1S/C11H22N2O3/c1-5-8(6-2)13-10(16)12-7-11(3,4)9(14)15/h8H,5-7H2,1-4H3,(H,14,15)(H2,12,13,16). The van der Waals surface area contributed by atoms with Gasteiger partial charge in [-0.1, -0.05) is 13.8 Å². The van der Waals surface area contributed by atoms with Crippen molar-refractivity contribution in [1.29, 1.82) is 0 Å². The first kappa shape index (κ1) is 14.7. The van der Waals surface area contributed by atoms with Gasteiger partial charge in [-0.3, -0.25) is 4.79 Å². The SMILES string of the molecule is CCC(CC)NC(=O)NCC(C)(C)C(=O)O. The molecule has 0 aliphatic rings. The summed E-state index contributed by atoms with van der Waals surface area (Å²) in [7, 11) is 0. The monoisotopic (exact) mass is 230 g/mol. The van der Waals surface area contributed by atoms with Crippen LogP contribution in [0.15, 0.2) is 0 Å². The summed E-state index contributed by atoms with van der Waals surface area (Å²) >= 11 is 0. The predicted molar refractivity (Wildman–Crippen MR) is 62.3 cm³/mol. The van der Waals surface area contributed by atoms with Gasteiger partial charge in [0, 0.05) is 12.6 Å². The molecule has 16 heavy (non-hydrogen) atoms. The number of aliphatic carboxylic acids is 1. The summed E-state index contributed by atoms with van der Waals surface area (Å²) < 4.78 is 0. The van der Waals surface area contributed by atoms with E-state index in [1.807, 2.05) is 13.8 Å². The molecular formula is C11H22N2O3. The Labute approximate surface area is 96.6 Å². The topological polar surface area (TPSA) is 78.4 Å². The molecule has 0 aliphatic carbocycles. The first-order chi connectivity index (χ1) is 7.33. The molecule has 0 aromatic carbocycles. The van der Waals surface area contributed by atoms with Crippen LogP contribution in [-0.2, 0) is 4.79 Å². The molecule has 5 heteroatoms. The van der Waals surface area contributed by atoms with Gasteiger partial charge in [0.1, 0.15) is 0 Å². The first-order valence-corrected chi connectivity index (χ1v) is 5.61. The van der Waals surface area contributed by atoms with Crippen LogP contribution in [0.2, 0.25) is 0 Å². The van der Waals surface area contributed by atoms with E-state index in [-0.39, 0.29) is 18.6 Å². The summed E-state index contributed by atoms with van der Waals surface area (Å²) in [5.41, 5.74) is -0.939. The van der Waals surface area contributed by atoms with Crippen molar-refractivity contribution in [3.63, 3.8) is 0 Å². The minimum Gasteiger partial charge on any atom is -0.481 e. The normalized spacial score (nSPS) is 11.3. The molecule has 3 N–H and O–H groups in total. The molecule has 0 spiro atoms. The number of hydrogen-bond acceptors (Lipinski definition) is 2. The zero-order valence-corrected chi connectivity index (χ0v) is 10.5. The van der Waals surface area contributed by atoms with E-state index in [0.29, 0.717) is 0 Å². The Morgan fingerprint density at radius 1 is 1.25 bits per heavy atom. The van der Waals surface area contributed by atoms with Gasteiger partial charge in [-0.25, -0.2) is 4.79 Å². The van der Waals surface area contributed by atoms with Crippen molar-refractivity contribution in [1.82, 2.24) is 10.6 Å². The second-order valence-electron chi connectivity index (χ2n) is 4.53. The summed E-state index contributed by atoms with van der Waals surface area (Å²) in [4.78, 5) is 22.2. The molecular weight excluding hydrogens is 208 g/mol. The van der Waals surface area contributed by atoms with Gasteiger partial charge in [-0.15, -0.1) is 0 Å². The van der Waals surface area contributed by atoms with E-state index in [4.69, 9.17) is 5.11 Å². The number of urea groups is 1. The van der Waals surface area contributed by atoms with E-state index in [1.54, 1.807) is 13.8 Å². The van der Waals surface area contributed by atoms with Crippen molar-refractivity contribution < 1.29 is 14.7 Å². The lowest BCUT2D eigenvalue weighted by Gasteiger charge is -2.21. The smallest absolute Gasteiger partial charge is 0.315 e. The van der Waals surface area contributed by atoms with E-state index in [0.717, 1.165) is 12.8 Å². The van der Waals surface area contributed by atoms with Crippen LogP contribution < -0.4 is 10.6 Å². The van der Waals surface area contributed by atoms with Crippen LogP contribution in [0.3, 0.4) is 0 Å². The molecule has 0 aliphatic heterocycles. The highest BCUT2D eigenvalue weighted by molar-refractivity contribution is 5.77. The molecule has 0 rings (SSSR count). The van der Waals surface area contributed by atoms with E-state index >= 15 is 0 Å². The third kappa shape index (κ3) is 5.00. The quantitative estimate of drug-likeness (QED) is 0.648. The van der Waals surface area contributed by atoms with E-state index in [1.165, 1.54) is 0 Å². The molecule has 0 fully saturated rings. The fourth-order valence-electron chi connectivity index (χ4n) is 1.11. The molecule has 5 nitrogen and oxygen atoms in total. The van der Waals surface area contributed by atoms with E-state index in [9.17, 15) is 9.59 Å². The maximum Gasteiger partial charge on any atom is 0.315 e. The van der Waals surface area contributed by atoms with Gasteiger partial charge in [-0.05, 0) is 26.7 Å². The first-order valence-electron chi connectivity index (χ1n) is 5.61. The average molecular weight is 230 g/mol. The molecule has 0 saturated carbocycles. The number of hydrogen-bond donors (Lipinski definition) is 3. The molecule has 0 unspecified atom stereocenters. The van der Waals surface area contributed by atoms with Crippen LogP contribution in [0.5, 0.6) is 0 Å². The third-order valence-electron chi connectivity index (χ3n) is 2.59. The Morgan fingerprint density at radius 2 is 1.75 bits per heavy atom. The molecule has 0 bridgehead atoms. The number of rotatable bonds is 6. The van der Waals surface area contributed by atoms with Crippen molar-refractivity contribution in [3.8, 4) is 0 Å². The predicted octanol–water partition coefficient (Wildman–Crippen LogP) is 1.58. The lowest BCUT2D eigenvalue weighted by molar-refractivity contribution is -0.146. The molecule has 0 aromatic rings. The molecule has 0 heterocycles. The van der Waals surface area contributed by atoms with E-state index in [2.05, 4.69) is 10.6 Å². The van der Waals surface area contributed by atoms with Gasteiger partial charge >= 0.3 is 12.0 Å². The van der Waals surface area contributed by atoms with Crippen LogP contribution in [-0.4, -0.2) is 29.7 Å². The summed E-state index contributed by atoms with van der Waals surface area (Å²) in [5.74, 6) is -0.921. The Hall–Kier alpha value is -1.26. The van der Waals surface area contributed by atoms with Crippen molar-refractivity contribution >= 4 is 12.0 Å². The van der Waals surface area contributed by atoms with Gasteiger partial charge in [0.25, 0.3) is 0 Å². The Bertz CT molecular complexity index is 248. The van der Waals surface area contributed by atoms with Crippen molar-refractivity contribution in [2.45, 2.75) is 46.6 Å². The fraction of sp³-hybridized carbons (Fsp3) is 0.818. The van der Waals surface area contributed by atoms with Gasteiger partial charge < -0.3 is 15.7 Å². The second kappa shape index (κ2) is 6.35. The summed E-state index contributed by atoms with van der Waals surface area (Å²) in [6.45, 7) is 7.26. The zero-order chi connectivity index (χ0) is 12.8. The average Bonchev–Trinajstić information content (AvgIpc) is 2.23. The van der Waals surface area contributed by atoms with Gasteiger partial charge in [-0.2, -0.15) is 0 Å². The molecule has 94 valence electrons. The van der Waals surface area contributed by atoms with Gasteiger partial charge in [0.05, 0.1) is 5.41 Å². The summed E-state index contributed by atoms with van der Waals surface area (Å²) in [6, 6.07) is -0.157. The maximum atomic E-state index is 11.4. The van der Waals surface area contributed by atoms with Crippen molar-refractivity contribution in [3.05, 3.63) is 0 Å². The van der Waals surface area contributed by atoms with Crippen LogP contribution >= 0.6 is 0 Å². The van der Waals surface area contributed by atoms with Crippen LogP contribution in [0.4, 0.5) is 4.79 Å².